The molecule has 0 saturated carbocycles. The van der Waals surface area contributed by atoms with Crippen LogP contribution in [0.25, 0.3) is 5.65 Å². The lowest BCUT2D eigenvalue weighted by Crippen LogP contribution is -2.13. The van der Waals surface area contributed by atoms with E-state index in [2.05, 4.69) is 19.9 Å². The molecule has 0 unspecified atom stereocenters. The van der Waals surface area contributed by atoms with Gasteiger partial charge in [0.15, 0.2) is 6.26 Å². The van der Waals surface area contributed by atoms with E-state index < -0.39 is 5.76 Å². The molecule has 0 bridgehead atoms. The Balaban J connectivity index is 1.51. The number of pyridine rings is 1. The minimum atomic E-state index is -0.511. The fourth-order valence-electron chi connectivity index (χ4n) is 2.12. The van der Waals surface area contributed by atoms with Crippen LogP contribution in [0.5, 0.6) is 5.88 Å². The number of unbranched alkanes of at least 4 members (excludes halogenated alkanes) is 1. The molecule has 3 aromatic heterocycles. The van der Waals surface area contributed by atoms with Crippen LogP contribution in [0.1, 0.15) is 12.8 Å². The van der Waals surface area contributed by atoms with Gasteiger partial charge in [-0.3, -0.25) is 4.40 Å². The van der Waals surface area contributed by atoms with Gasteiger partial charge in [-0.2, -0.15) is 0 Å². The zero-order valence-corrected chi connectivity index (χ0v) is 12.1. The number of rotatable bonds is 6. The molecule has 3 rings (SSSR count). The van der Waals surface area contributed by atoms with Gasteiger partial charge >= 0.3 is 5.76 Å². The second kappa shape index (κ2) is 6.09. The zero-order valence-electron chi connectivity index (χ0n) is 11.3. The summed E-state index contributed by atoms with van der Waals surface area (Å²) >= 11 is 1.75. The third-order valence-electron chi connectivity index (χ3n) is 3.18. The van der Waals surface area contributed by atoms with Crippen molar-refractivity contribution in [3.63, 3.8) is 0 Å². The van der Waals surface area contributed by atoms with Crippen molar-refractivity contribution in [3.8, 4) is 5.88 Å². The van der Waals surface area contributed by atoms with Crippen LogP contribution in [0.3, 0.4) is 0 Å². The van der Waals surface area contributed by atoms with Crippen LogP contribution < -0.4 is 5.76 Å². The van der Waals surface area contributed by atoms with Crippen molar-refractivity contribution < 1.29 is 9.52 Å². The molecule has 3 heterocycles. The van der Waals surface area contributed by atoms with Gasteiger partial charge in [-0.05, 0) is 30.7 Å². The largest absolute Gasteiger partial charge is 0.492 e. The van der Waals surface area contributed by atoms with Crippen LogP contribution in [0, 0.1) is 0 Å². The molecule has 0 spiro atoms. The van der Waals surface area contributed by atoms with Gasteiger partial charge in [0.25, 0.3) is 0 Å². The number of oxazole rings is 1. The molecule has 0 amide bonds. The van der Waals surface area contributed by atoms with Crippen molar-refractivity contribution in [3.05, 3.63) is 47.4 Å². The maximum Gasteiger partial charge on any atom is 0.421 e. The molecule has 1 N–H and O–H groups in total. The van der Waals surface area contributed by atoms with Crippen LogP contribution in [-0.4, -0.2) is 24.8 Å². The Morgan fingerprint density at radius 1 is 1.33 bits per heavy atom. The van der Waals surface area contributed by atoms with Crippen LogP contribution in [0.4, 0.5) is 0 Å². The van der Waals surface area contributed by atoms with Crippen molar-refractivity contribution >= 4 is 17.4 Å². The molecular formula is C14H15N3O3S. The molecule has 0 aliphatic heterocycles. The smallest absolute Gasteiger partial charge is 0.421 e. The fraction of sp³-hybridized carbons (Fsp3) is 0.286. The second-order valence-electron chi connectivity index (χ2n) is 4.59. The number of aromatic hydroxyl groups is 1. The number of hydrogen-bond acceptors (Lipinski definition) is 5. The molecule has 0 aliphatic rings. The predicted octanol–water partition coefficient (Wildman–Crippen LogP) is 2.37. The highest BCUT2D eigenvalue weighted by Crippen LogP contribution is 2.20. The predicted molar refractivity (Wildman–Crippen MR) is 79.8 cm³/mol. The van der Waals surface area contributed by atoms with E-state index in [9.17, 15) is 9.90 Å². The van der Waals surface area contributed by atoms with E-state index in [-0.39, 0.29) is 5.88 Å². The van der Waals surface area contributed by atoms with Gasteiger partial charge in [0.05, 0.1) is 5.03 Å². The molecule has 0 aromatic carbocycles. The van der Waals surface area contributed by atoms with Crippen LogP contribution >= 0.6 is 11.8 Å². The summed E-state index contributed by atoms with van der Waals surface area (Å²) in [5.74, 6) is 0.309. The lowest BCUT2D eigenvalue weighted by molar-refractivity contribution is 0.408. The van der Waals surface area contributed by atoms with E-state index in [1.54, 1.807) is 18.0 Å². The SMILES string of the molecule is O=c1occ(O)n1CCCCSc1cccc2nccn12. The van der Waals surface area contributed by atoms with Crippen molar-refractivity contribution in [2.45, 2.75) is 24.4 Å². The first-order chi connectivity index (χ1) is 10.3. The normalized spacial score (nSPS) is 11.2. The fourth-order valence-corrected chi connectivity index (χ4v) is 3.14. The van der Waals surface area contributed by atoms with E-state index >= 15 is 0 Å². The van der Waals surface area contributed by atoms with Gasteiger partial charge < -0.3 is 9.52 Å². The van der Waals surface area contributed by atoms with E-state index in [0.29, 0.717) is 6.54 Å². The van der Waals surface area contributed by atoms with E-state index in [0.717, 1.165) is 35.5 Å². The van der Waals surface area contributed by atoms with Crippen molar-refractivity contribution in [1.82, 2.24) is 14.0 Å². The summed E-state index contributed by atoms with van der Waals surface area (Å²) in [6.07, 6.45) is 6.54. The minimum absolute atomic E-state index is 0.115. The van der Waals surface area contributed by atoms with Gasteiger partial charge in [0.1, 0.15) is 5.65 Å². The average molecular weight is 305 g/mol. The molecule has 6 nitrogen and oxygen atoms in total. The maximum atomic E-state index is 11.3. The molecule has 3 aromatic rings. The minimum Gasteiger partial charge on any atom is -0.492 e. The third kappa shape index (κ3) is 2.97. The number of thioether (sulfide) groups is 1. The Hall–Kier alpha value is -2.15. The Labute approximate surface area is 125 Å². The van der Waals surface area contributed by atoms with Gasteiger partial charge in [-0.15, -0.1) is 11.8 Å². The van der Waals surface area contributed by atoms with Gasteiger partial charge in [0.2, 0.25) is 5.88 Å². The van der Waals surface area contributed by atoms with Gasteiger partial charge in [-0.1, -0.05) is 6.07 Å². The molecule has 0 aliphatic carbocycles. The molecule has 0 saturated heterocycles. The molecular weight excluding hydrogens is 290 g/mol. The summed E-state index contributed by atoms with van der Waals surface area (Å²) in [6, 6.07) is 6.03. The van der Waals surface area contributed by atoms with Crippen molar-refractivity contribution in [2.75, 3.05) is 5.75 Å². The first-order valence-electron chi connectivity index (χ1n) is 6.68. The summed E-state index contributed by atoms with van der Waals surface area (Å²) in [6.45, 7) is 0.469. The lowest BCUT2D eigenvalue weighted by atomic mass is 10.3. The third-order valence-corrected chi connectivity index (χ3v) is 4.30. The zero-order chi connectivity index (χ0) is 14.7. The number of nitrogens with zero attached hydrogens (tertiary/aromatic N) is 3. The first-order valence-corrected chi connectivity index (χ1v) is 7.66. The number of imidazole rings is 1. The number of aromatic nitrogens is 3. The summed E-state index contributed by atoms with van der Waals surface area (Å²) in [5.41, 5.74) is 0.940. The molecule has 110 valence electrons. The standard InChI is InChI=1S/C14H15N3O3S/c18-12-10-20-14(19)17(12)7-1-2-9-21-13-5-3-4-11-15-6-8-16(11)13/h3-6,8,10,18H,1-2,7,9H2. The number of fused-ring (bicyclic) bond motifs is 1. The van der Waals surface area contributed by atoms with Crippen LogP contribution in [0.15, 0.2) is 51.1 Å². The summed E-state index contributed by atoms with van der Waals surface area (Å²) < 4.78 is 7.89. The monoisotopic (exact) mass is 305 g/mol. The highest BCUT2D eigenvalue weighted by molar-refractivity contribution is 7.99. The van der Waals surface area contributed by atoms with Gasteiger partial charge in [0, 0.05) is 18.9 Å². The second-order valence-corrected chi connectivity index (χ2v) is 5.70. The van der Waals surface area contributed by atoms with E-state index in [1.165, 1.54) is 4.57 Å². The highest BCUT2D eigenvalue weighted by Gasteiger charge is 2.06. The van der Waals surface area contributed by atoms with Crippen LogP contribution in [-0.2, 0) is 6.54 Å². The number of hydrogen-bond donors (Lipinski definition) is 1. The Kier molecular flexibility index (Phi) is 4.01. The van der Waals surface area contributed by atoms with Crippen LogP contribution in [0.2, 0.25) is 0 Å². The Bertz CT molecular complexity index is 790. The van der Waals surface area contributed by atoms with Gasteiger partial charge in [-0.25, -0.2) is 14.3 Å². The molecule has 0 fully saturated rings. The topological polar surface area (TPSA) is 72.7 Å². The molecule has 21 heavy (non-hydrogen) atoms. The van der Waals surface area contributed by atoms with E-state index in [1.807, 2.05) is 18.3 Å². The van der Waals surface area contributed by atoms with Crippen molar-refractivity contribution in [2.24, 2.45) is 0 Å². The molecule has 0 atom stereocenters. The maximum absolute atomic E-state index is 11.3. The molecule has 0 radical (unpaired) electrons. The van der Waals surface area contributed by atoms with E-state index in [4.69, 9.17) is 0 Å². The summed E-state index contributed by atoms with van der Waals surface area (Å²) in [7, 11) is 0. The summed E-state index contributed by atoms with van der Waals surface area (Å²) in [4.78, 5) is 15.5. The first kappa shape index (κ1) is 13.8. The Morgan fingerprint density at radius 2 is 2.24 bits per heavy atom. The van der Waals surface area contributed by atoms with Crippen molar-refractivity contribution in [1.29, 1.82) is 0 Å². The lowest BCUT2D eigenvalue weighted by Gasteiger charge is -2.05. The quantitative estimate of drug-likeness (QED) is 0.559. The summed E-state index contributed by atoms with van der Waals surface area (Å²) in [5, 5.41) is 10.6. The average Bonchev–Trinajstić information content (AvgIpc) is 3.08. The Morgan fingerprint density at radius 3 is 3.05 bits per heavy atom. The highest BCUT2D eigenvalue weighted by atomic mass is 32.2. The molecule has 7 heteroatoms.